The summed E-state index contributed by atoms with van der Waals surface area (Å²) in [7, 11) is 2.01. The molecule has 0 radical (unpaired) electrons. The van der Waals surface area contributed by atoms with Gasteiger partial charge in [-0.15, -0.1) is 11.3 Å². The summed E-state index contributed by atoms with van der Waals surface area (Å²) in [5, 5.41) is 5.53. The molecule has 1 N–H and O–H groups in total. The zero-order chi connectivity index (χ0) is 15.5. The molecule has 1 fully saturated rings. The minimum absolute atomic E-state index is 0.184. The van der Waals surface area contributed by atoms with Crippen molar-refractivity contribution in [3.63, 3.8) is 0 Å². The highest BCUT2D eigenvalue weighted by Crippen LogP contribution is 2.25. The van der Waals surface area contributed by atoms with Crippen LogP contribution in [-0.2, 0) is 11.2 Å². The first-order valence-electron chi connectivity index (χ1n) is 7.56. The van der Waals surface area contributed by atoms with E-state index in [-0.39, 0.29) is 6.09 Å². The molecule has 0 aliphatic carbocycles. The van der Waals surface area contributed by atoms with Crippen molar-refractivity contribution in [2.45, 2.75) is 45.3 Å². The number of carbonyl (C=O) groups is 1. The molecule has 1 aliphatic rings. The molecule has 0 bridgehead atoms. The third kappa shape index (κ3) is 4.71. The van der Waals surface area contributed by atoms with Crippen LogP contribution in [0.15, 0.2) is 17.5 Å². The lowest BCUT2D eigenvalue weighted by Crippen LogP contribution is -2.39. The van der Waals surface area contributed by atoms with Gasteiger partial charge in [-0.05, 0) is 58.0 Å². The molecule has 118 valence electrons. The second kappa shape index (κ2) is 6.79. The summed E-state index contributed by atoms with van der Waals surface area (Å²) in [5.74, 6) is 0.490. The van der Waals surface area contributed by atoms with Gasteiger partial charge in [-0.25, -0.2) is 4.79 Å². The van der Waals surface area contributed by atoms with Crippen molar-refractivity contribution in [2.24, 2.45) is 5.92 Å². The van der Waals surface area contributed by atoms with Gasteiger partial charge < -0.3 is 15.0 Å². The summed E-state index contributed by atoms with van der Waals surface area (Å²) in [6.45, 7) is 7.30. The van der Waals surface area contributed by atoms with Crippen LogP contribution in [0.25, 0.3) is 0 Å². The third-order valence-electron chi connectivity index (χ3n) is 3.82. The maximum atomic E-state index is 12.1. The fourth-order valence-corrected chi connectivity index (χ4v) is 3.52. The van der Waals surface area contributed by atoms with E-state index in [0.29, 0.717) is 12.0 Å². The smallest absolute Gasteiger partial charge is 0.410 e. The van der Waals surface area contributed by atoms with Gasteiger partial charge in [-0.2, -0.15) is 0 Å². The normalized spacial score (nSPS) is 20.6. The van der Waals surface area contributed by atoms with Crippen molar-refractivity contribution < 1.29 is 9.53 Å². The number of hydrogen-bond acceptors (Lipinski definition) is 4. The summed E-state index contributed by atoms with van der Waals surface area (Å²) >= 11 is 1.80. The first-order valence-corrected chi connectivity index (χ1v) is 8.44. The number of nitrogens with one attached hydrogen (secondary N) is 1. The average Bonchev–Trinajstić information content (AvgIpc) is 3.05. The summed E-state index contributed by atoms with van der Waals surface area (Å²) in [6, 6.07) is 4.68. The first kappa shape index (κ1) is 16.3. The topological polar surface area (TPSA) is 41.6 Å². The number of thiophene rings is 1. The van der Waals surface area contributed by atoms with Gasteiger partial charge >= 0.3 is 6.09 Å². The van der Waals surface area contributed by atoms with Crippen LogP contribution in [0.5, 0.6) is 0 Å². The van der Waals surface area contributed by atoms with Crippen LogP contribution in [0.4, 0.5) is 4.79 Å². The molecule has 1 aromatic heterocycles. The van der Waals surface area contributed by atoms with Crippen LogP contribution in [0.3, 0.4) is 0 Å². The highest BCUT2D eigenvalue weighted by molar-refractivity contribution is 7.09. The lowest BCUT2D eigenvalue weighted by Gasteiger charge is -2.26. The maximum absolute atomic E-state index is 12.1. The van der Waals surface area contributed by atoms with Gasteiger partial charge in [-0.1, -0.05) is 6.07 Å². The zero-order valence-electron chi connectivity index (χ0n) is 13.4. The van der Waals surface area contributed by atoms with Crippen molar-refractivity contribution in [1.29, 1.82) is 0 Å². The van der Waals surface area contributed by atoms with Crippen LogP contribution in [0.1, 0.15) is 32.1 Å². The van der Waals surface area contributed by atoms with Crippen LogP contribution in [-0.4, -0.2) is 42.8 Å². The number of amides is 1. The maximum Gasteiger partial charge on any atom is 0.410 e. The van der Waals surface area contributed by atoms with E-state index in [4.69, 9.17) is 4.74 Å². The lowest BCUT2D eigenvalue weighted by atomic mass is 9.95. The van der Waals surface area contributed by atoms with E-state index in [1.54, 1.807) is 11.3 Å². The van der Waals surface area contributed by atoms with Crippen molar-refractivity contribution in [3.8, 4) is 0 Å². The van der Waals surface area contributed by atoms with Crippen LogP contribution in [0.2, 0.25) is 0 Å². The Labute approximate surface area is 131 Å². The van der Waals surface area contributed by atoms with Crippen LogP contribution in [0, 0.1) is 5.92 Å². The molecule has 2 rings (SSSR count). The van der Waals surface area contributed by atoms with E-state index in [2.05, 4.69) is 22.8 Å². The molecule has 0 spiro atoms. The Morgan fingerprint density at radius 2 is 2.33 bits per heavy atom. The molecule has 1 aromatic rings. The number of likely N-dealkylation sites (N-methyl/N-ethyl adjacent to an activating group) is 1. The quantitative estimate of drug-likeness (QED) is 0.929. The highest BCUT2D eigenvalue weighted by atomic mass is 32.1. The molecule has 4 nitrogen and oxygen atoms in total. The standard InChI is InChI=1S/C16H26N2O2S/c1-16(2,3)20-15(19)18-8-7-12(11-18)14(17-4)10-13-6-5-9-21-13/h5-6,9,12,14,17H,7-8,10-11H2,1-4H3. The minimum Gasteiger partial charge on any atom is -0.444 e. The van der Waals surface area contributed by atoms with Crippen LogP contribution < -0.4 is 5.32 Å². The van der Waals surface area contributed by atoms with Gasteiger partial charge in [0.05, 0.1) is 0 Å². The Hall–Kier alpha value is -1.07. The van der Waals surface area contributed by atoms with E-state index < -0.39 is 5.60 Å². The predicted octanol–water partition coefficient (Wildman–Crippen LogP) is 3.14. The molecule has 21 heavy (non-hydrogen) atoms. The van der Waals surface area contributed by atoms with Gasteiger partial charge in [0.25, 0.3) is 0 Å². The van der Waals surface area contributed by atoms with E-state index in [0.717, 1.165) is 25.9 Å². The first-order chi connectivity index (χ1) is 9.89. The van der Waals surface area contributed by atoms with E-state index in [1.807, 2.05) is 32.7 Å². The van der Waals surface area contributed by atoms with Crippen molar-refractivity contribution in [3.05, 3.63) is 22.4 Å². The van der Waals surface area contributed by atoms with E-state index >= 15 is 0 Å². The molecule has 1 aliphatic heterocycles. The largest absolute Gasteiger partial charge is 0.444 e. The number of hydrogen-bond donors (Lipinski definition) is 1. The third-order valence-corrected chi connectivity index (χ3v) is 4.72. The fraction of sp³-hybridized carbons (Fsp3) is 0.688. The van der Waals surface area contributed by atoms with Gasteiger partial charge in [0.1, 0.15) is 5.60 Å². The zero-order valence-corrected chi connectivity index (χ0v) is 14.2. The van der Waals surface area contributed by atoms with Crippen molar-refractivity contribution in [1.82, 2.24) is 10.2 Å². The van der Waals surface area contributed by atoms with Gasteiger partial charge in [0, 0.05) is 24.0 Å². The number of carbonyl (C=O) groups excluding carboxylic acids is 1. The Kier molecular flexibility index (Phi) is 5.27. The predicted molar refractivity (Wildman–Crippen MR) is 86.8 cm³/mol. The molecular weight excluding hydrogens is 284 g/mol. The fourth-order valence-electron chi connectivity index (χ4n) is 2.76. The van der Waals surface area contributed by atoms with Crippen molar-refractivity contribution >= 4 is 17.4 Å². The minimum atomic E-state index is -0.422. The highest BCUT2D eigenvalue weighted by Gasteiger charge is 2.33. The van der Waals surface area contributed by atoms with E-state index in [9.17, 15) is 4.79 Å². The Balaban J connectivity index is 1.89. The second-order valence-electron chi connectivity index (χ2n) is 6.65. The molecule has 1 saturated heterocycles. The molecule has 5 heteroatoms. The SMILES string of the molecule is CNC(Cc1cccs1)C1CCN(C(=O)OC(C)(C)C)C1. The molecule has 2 heterocycles. The molecule has 2 atom stereocenters. The Bertz CT molecular complexity index is 453. The van der Waals surface area contributed by atoms with Gasteiger partial charge in [0.15, 0.2) is 0 Å². The molecule has 1 amide bonds. The van der Waals surface area contributed by atoms with Gasteiger partial charge in [-0.3, -0.25) is 0 Å². The molecular formula is C16H26N2O2S. The average molecular weight is 310 g/mol. The number of nitrogens with zero attached hydrogens (tertiary/aromatic N) is 1. The monoisotopic (exact) mass is 310 g/mol. The number of likely N-dealkylation sites (tertiary alicyclic amines) is 1. The van der Waals surface area contributed by atoms with Crippen LogP contribution >= 0.6 is 11.3 Å². The number of rotatable bonds is 4. The second-order valence-corrected chi connectivity index (χ2v) is 7.69. The summed E-state index contributed by atoms with van der Waals surface area (Å²) < 4.78 is 5.46. The van der Waals surface area contributed by atoms with Crippen molar-refractivity contribution in [2.75, 3.05) is 20.1 Å². The summed E-state index contributed by atoms with van der Waals surface area (Å²) in [5.41, 5.74) is -0.422. The number of ether oxygens (including phenoxy) is 1. The molecule has 0 saturated carbocycles. The Morgan fingerprint density at radius 1 is 1.57 bits per heavy atom. The summed E-state index contributed by atoms with van der Waals surface area (Å²) in [4.78, 5) is 15.4. The van der Waals surface area contributed by atoms with E-state index in [1.165, 1.54) is 4.88 Å². The molecule has 0 aromatic carbocycles. The molecule has 2 unspecified atom stereocenters. The lowest BCUT2D eigenvalue weighted by molar-refractivity contribution is 0.0285. The van der Waals surface area contributed by atoms with Gasteiger partial charge in [0.2, 0.25) is 0 Å². The Morgan fingerprint density at radius 3 is 2.90 bits per heavy atom. The summed E-state index contributed by atoms with van der Waals surface area (Å²) in [6.07, 6.45) is 1.88.